The third-order valence-corrected chi connectivity index (χ3v) is 5.88. The molecule has 6 nitrogen and oxygen atoms in total. The lowest BCUT2D eigenvalue weighted by Gasteiger charge is -2.40. The first-order valence-electron chi connectivity index (χ1n) is 9.02. The maximum Gasteiger partial charge on any atom is 0.416 e. The highest BCUT2D eigenvalue weighted by Crippen LogP contribution is 2.32. The molecule has 0 atom stereocenters. The highest BCUT2D eigenvalue weighted by atomic mass is 32.2. The molecule has 0 bridgehead atoms. The lowest BCUT2D eigenvalue weighted by Crippen LogP contribution is -2.54. The largest absolute Gasteiger partial charge is 0.457 e. The molecule has 2 aromatic rings. The summed E-state index contributed by atoms with van der Waals surface area (Å²) in [7, 11) is -3.46. The Bertz CT molecular complexity index is 1020. The number of fused-ring (bicyclic) bond motifs is 1. The molecule has 0 saturated carbocycles. The van der Waals surface area contributed by atoms with Crippen molar-refractivity contribution in [3.8, 4) is 11.5 Å². The molecule has 0 unspecified atom stereocenters. The van der Waals surface area contributed by atoms with Crippen LogP contribution in [0.15, 0.2) is 52.9 Å². The quantitative estimate of drug-likeness (QED) is 0.750. The van der Waals surface area contributed by atoms with Crippen LogP contribution in [0.3, 0.4) is 0 Å². The molecule has 0 spiro atoms. The van der Waals surface area contributed by atoms with E-state index in [4.69, 9.17) is 4.74 Å². The fraction of sp³-hybridized carbons (Fsp3) is 0.316. The van der Waals surface area contributed by atoms with Crippen molar-refractivity contribution in [3.05, 3.63) is 54.1 Å². The molecular formula is C19H18F3N3O3S. The molecule has 29 heavy (non-hydrogen) atoms. The van der Waals surface area contributed by atoms with E-state index in [1.54, 1.807) is 24.3 Å². The van der Waals surface area contributed by atoms with E-state index < -0.39 is 21.8 Å². The second kappa shape index (κ2) is 7.25. The zero-order valence-electron chi connectivity index (χ0n) is 15.3. The normalized spacial score (nSPS) is 18.8. The van der Waals surface area contributed by atoms with E-state index in [1.165, 1.54) is 12.1 Å². The lowest BCUT2D eigenvalue weighted by atomic mass is 10.2. The molecule has 0 aliphatic carbocycles. The summed E-state index contributed by atoms with van der Waals surface area (Å²) < 4.78 is 71.2. The van der Waals surface area contributed by atoms with E-state index in [2.05, 4.69) is 4.40 Å². The Morgan fingerprint density at radius 3 is 2.14 bits per heavy atom. The van der Waals surface area contributed by atoms with Crippen LogP contribution in [0.1, 0.15) is 12.0 Å². The van der Waals surface area contributed by atoms with Crippen LogP contribution in [0.25, 0.3) is 0 Å². The topological polar surface area (TPSA) is 62.2 Å². The van der Waals surface area contributed by atoms with E-state index in [-0.39, 0.29) is 11.5 Å². The molecule has 2 aromatic carbocycles. The first kappa shape index (κ1) is 19.6. The number of nitrogens with zero attached hydrogens (tertiary/aromatic N) is 3. The minimum absolute atomic E-state index is 0.0181. The van der Waals surface area contributed by atoms with Crippen molar-refractivity contribution >= 4 is 21.7 Å². The zero-order valence-corrected chi connectivity index (χ0v) is 16.1. The van der Waals surface area contributed by atoms with E-state index in [0.29, 0.717) is 24.8 Å². The van der Waals surface area contributed by atoms with Crippen molar-refractivity contribution in [1.29, 1.82) is 0 Å². The number of ether oxygens (including phenoxy) is 1. The van der Waals surface area contributed by atoms with Gasteiger partial charge in [-0.25, -0.2) is 8.42 Å². The number of anilines is 1. The summed E-state index contributed by atoms with van der Waals surface area (Å²) in [6.45, 7) is 1.83. The second-order valence-electron chi connectivity index (χ2n) is 6.79. The van der Waals surface area contributed by atoms with Crippen molar-refractivity contribution in [1.82, 2.24) is 4.90 Å². The lowest BCUT2D eigenvalue weighted by molar-refractivity contribution is -0.137. The van der Waals surface area contributed by atoms with Crippen LogP contribution in [-0.4, -0.2) is 44.7 Å². The Morgan fingerprint density at radius 2 is 1.52 bits per heavy atom. The summed E-state index contributed by atoms with van der Waals surface area (Å²) in [5.74, 6) is 1.20. The Kier molecular flexibility index (Phi) is 4.89. The van der Waals surface area contributed by atoms with Crippen LogP contribution in [0.4, 0.5) is 18.9 Å². The Hall–Kier alpha value is -2.75. The number of hydrogen-bond acceptors (Lipinski definition) is 5. The molecule has 0 radical (unpaired) electrons. The fourth-order valence-electron chi connectivity index (χ4n) is 3.29. The summed E-state index contributed by atoms with van der Waals surface area (Å²) >= 11 is 0. The van der Waals surface area contributed by atoms with Crippen molar-refractivity contribution in [2.75, 3.05) is 30.3 Å². The molecule has 1 saturated heterocycles. The van der Waals surface area contributed by atoms with Crippen LogP contribution in [-0.2, 0) is 16.2 Å². The van der Waals surface area contributed by atoms with Crippen LogP contribution >= 0.6 is 0 Å². The smallest absolute Gasteiger partial charge is 0.416 e. The van der Waals surface area contributed by atoms with E-state index in [1.807, 2.05) is 9.80 Å². The van der Waals surface area contributed by atoms with Gasteiger partial charge in [0.05, 0.1) is 11.3 Å². The average Bonchev–Trinajstić information content (AvgIpc) is 2.67. The van der Waals surface area contributed by atoms with E-state index in [9.17, 15) is 21.6 Å². The maximum absolute atomic E-state index is 12.6. The molecule has 2 heterocycles. The first-order valence-corrected chi connectivity index (χ1v) is 10.6. The third-order valence-electron chi connectivity index (χ3n) is 4.74. The number of guanidine groups is 1. The van der Waals surface area contributed by atoms with Crippen molar-refractivity contribution < 1.29 is 26.3 Å². The fourth-order valence-corrected chi connectivity index (χ4v) is 4.30. The average molecular weight is 425 g/mol. The molecule has 2 aliphatic rings. The van der Waals surface area contributed by atoms with Gasteiger partial charge >= 0.3 is 6.18 Å². The van der Waals surface area contributed by atoms with Gasteiger partial charge in [-0.05, 0) is 55.0 Å². The molecule has 0 aromatic heterocycles. The monoisotopic (exact) mass is 425 g/mol. The summed E-state index contributed by atoms with van der Waals surface area (Å²) in [6, 6.07) is 11.4. The van der Waals surface area contributed by atoms with Gasteiger partial charge in [0.1, 0.15) is 11.5 Å². The zero-order chi connectivity index (χ0) is 20.6. The number of benzene rings is 2. The maximum atomic E-state index is 12.6. The highest BCUT2D eigenvalue weighted by molar-refractivity contribution is 7.90. The second-order valence-corrected chi connectivity index (χ2v) is 8.54. The predicted octanol–water partition coefficient (Wildman–Crippen LogP) is 3.71. The minimum Gasteiger partial charge on any atom is -0.457 e. The van der Waals surface area contributed by atoms with Crippen molar-refractivity contribution in [3.63, 3.8) is 0 Å². The van der Waals surface area contributed by atoms with Crippen LogP contribution < -0.4 is 9.64 Å². The summed E-state index contributed by atoms with van der Waals surface area (Å²) in [5.41, 5.74) is 0.0309. The van der Waals surface area contributed by atoms with Crippen molar-refractivity contribution in [2.45, 2.75) is 12.6 Å². The number of alkyl halides is 3. The molecular weight excluding hydrogens is 407 g/mol. The Labute approximate surface area is 166 Å². The van der Waals surface area contributed by atoms with Gasteiger partial charge in [0.15, 0.2) is 0 Å². The van der Waals surface area contributed by atoms with E-state index >= 15 is 0 Å². The van der Waals surface area contributed by atoms with Crippen LogP contribution in [0, 0.1) is 0 Å². The minimum atomic E-state index is -4.39. The van der Waals surface area contributed by atoms with Gasteiger partial charge in [-0.3, -0.25) is 0 Å². The SMILES string of the molecule is O=S1(=O)CCN2CCCN(c3ccc(Oc4ccc(C(F)(F)F)cc4)cc3)C2=N1. The molecule has 4 rings (SSSR count). The molecule has 10 heteroatoms. The van der Waals surface area contributed by atoms with Gasteiger partial charge in [-0.15, -0.1) is 4.40 Å². The first-order chi connectivity index (χ1) is 13.7. The molecule has 2 aliphatic heterocycles. The number of rotatable bonds is 3. The summed E-state index contributed by atoms with van der Waals surface area (Å²) in [4.78, 5) is 3.80. The van der Waals surface area contributed by atoms with Gasteiger partial charge in [0.25, 0.3) is 10.0 Å². The number of hydrogen-bond donors (Lipinski definition) is 0. The van der Waals surface area contributed by atoms with Gasteiger partial charge < -0.3 is 14.5 Å². The van der Waals surface area contributed by atoms with Gasteiger partial charge in [0.2, 0.25) is 5.96 Å². The standard InChI is InChI=1S/C19H18F3N3O3S/c20-19(21,22)14-2-6-16(7-3-14)28-17-8-4-15(5-9-17)25-11-1-10-24-12-13-29(26,27)23-18(24)25/h2-9H,1,10-13H2. The Morgan fingerprint density at radius 1 is 0.897 bits per heavy atom. The van der Waals surface area contributed by atoms with E-state index in [0.717, 1.165) is 30.8 Å². The predicted molar refractivity (Wildman–Crippen MR) is 103 cm³/mol. The van der Waals surface area contributed by atoms with Gasteiger partial charge in [-0.1, -0.05) is 0 Å². The summed E-state index contributed by atoms with van der Waals surface area (Å²) in [6.07, 6.45) is -3.51. The van der Waals surface area contributed by atoms with Gasteiger partial charge in [-0.2, -0.15) is 13.2 Å². The highest BCUT2D eigenvalue weighted by Gasteiger charge is 2.32. The van der Waals surface area contributed by atoms with Crippen LogP contribution in [0.5, 0.6) is 11.5 Å². The third kappa shape index (κ3) is 4.31. The molecule has 0 amide bonds. The number of halogens is 3. The number of sulfonamides is 1. The molecule has 1 fully saturated rings. The Balaban J connectivity index is 1.51. The molecule has 154 valence electrons. The van der Waals surface area contributed by atoms with Crippen molar-refractivity contribution in [2.24, 2.45) is 4.40 Å². The van der Waals surface area contributed by atoms with Gasteiger partial charge in [0, 0.05) is 25.3 Å². The van der Waals surface area contributed by atoms with Crippen LogP contribution in [0.2, 0.25) is 0 Å². The summed E-state index contributed by atoms with van der Waals surface area (Å²) in [5, 5.41) is 0. The molecule has 0 N–H and O–H groups in total.